The van der Waals surface area contributed by atoms with Crippen molar-refractivity contribution in [2.24, 2.45) is 0 Å². The number of halogens is 1. The van der Waals surface area contributed by atoms with Gasteiger partial charge in [0.05, 0.1) is 0 Å². The molecule has 0 saturated heterocycles. The van der Waals surface area contributed by atoms with Crippen LogP contribution in [-0.4, -0.2) is 7.85 Å². The zero-order valence-corrected chi connectivity index (χ0v) is 7.77. The zero-order valence-electron chi connectivity index (χ0n) is 5.61. The minimum Gasteiger partial charge on any atom is -0.0879 e. The van der Waals surface area contributed by atoms with Gasteiger partial charge in [-0.25, -0.2) is 0 Å². The first-order valence-electron chi connectivity index (χ1n) is 2.93. The molecule has 0 N–H and O–H groups in total. The van der Waals surface area contributed by atoms with Crippen LogP contribution in [0.1, 0.15) is 5.56 Å². The van der Waals surface area contributed by atoms with E-state index in [9.17, 15) is 0 Å². The molecule has 0 aromatic heterocycles. The number of hydrogen-bond donors (Lipinski definition) is 0. The van der Waals surface area contributed by atoms with E-state index in [2.05, 4.69) is 55.6 Å². The summed E-state index contributed by atoms with van der Waals surface area (Å²) < 4.78 is 1.35. The highest BCUT2D eigenvalue weighted by Crippen LogP contribution is 2.06. The van der Waals surface area contributed by atoms with Gasteiger partial charge in [-0.15, -0.1) is 0 Å². The molecule has 1 aromatic carbocycles. The second kappa shape index (κ2) is 2.73. The highest BCUT2D eigenvalue weighted by molar-refractivity contribution is 14.1. The molecular formula is C7H8BI. The molecule has 46 valence electrons. The summed E-state index contributed by atoms with van der Waals surface area (Å²) in [6, 6.07) is 6.48. The topological polar surface area (TPSA) is 0 Å². The van der Waals surface area contributed by atoms with E-state index in [1.807, 2.05) is 0 Å². The average Bonchev–Trinajstić information content (AvgIpc) is 1.80. The van der Waals surface area contributed by atoms with Gasteiger partial charge in [0.25, 0.3) is 0 Å². The van der Waals surface area contributed by atoms with E-state index in [1.54, 1.807) is 0 Å². The standard InChI is InChI=1S/C7H8BI/c1-5-2-3-6(8)4-7(5)9/h2-4H,8H2,1H3. The van der Waals surface area contributed by atoms with Gasteiger partial charge in [-0.3, -0.25) is 0 Å². The summed E-state index contributed by atoms with van der Waals surface area (Å²) in [6.07, 6.45) is 0. The lowest BCUT2D eigenvalue weighted by atomic mass is 9.96. The molecule has 2 heteroatoms. The highest BCUT2D eigenvalue weighted by atomic mass is 127. The Bertz CT molecular complexity index is 220. The molecule has 0 saturated carbocycles. The summed E-state index contributed by atoms with van der Waals surface area (Å²) in [4.78, 5) is 0. The summed E-state index contributed by atoms with van der Waals surface area (Å²) in [7, 11) is 2.11. The van der Waals surface area contributed by atoms with Crippen molar-refractivity contribution in [1.29, 1.82) is 0 Å². The quantitative estimate of drug-likeness (QED) is 0.458. The van der Waals surface area contributed by atoms with E-state index in [0.29, 0.717) is 0 Å². The molecule has 0 aliphatic rings. The number of aryl methyl sites for hydroxylation is 1. The molecule has 0 atom stereocenters. The van der Waals surface area contributed by atoms with Crippen LogP contribution in [0, 0.1) is 10.5 Å². The smallest absolute Gasteiger partial charge is 0.0879 e. The third-order valence-electron chi connectivity index (χ3n) is 1.33. The SMILES string of the molecule is Bc1ccc(C)c(I)c1. The molecule has 0 radical (unpaired) electrons. The first-order chi connectivity index (χ1) is 4.20. The molecule has 0 nitrogen and oxygen atoms in total. The van der Waals surface area contributed by atoms with E-state index in [0.717, 1.165) is 0 Å². The molecule has 0 amide bonds. The third-order valence-corrected chi connectivity index (χ3v) is 2.49. The Balaban J connectivity index is 3.17. The second-order valence-corrected chi connectivity index (χ2v) is 3.41. The van der Waals surface area contributed by atoms with Gasteiger partial charge in [-0.05, 0) is 35.1 Å². The van der Waals surface area contributed by atoms with Gasteiger partial charge in [0, 0.05) is 3.57 Å². The minimum absolute atomic E-state index is 1.34. The number of benzene rings is 1. The molecule has 0 spiro atoms. The Hall–Kier alpha value is 0.0149. The van der Waals surface area contributed by atoms with Crippen LogP contribution in [0.2, 0.25) is 0 Å². The fourth-order valence-electron chi connectivity index (χ4n) is 0.698. The van der Waals surface area contributed by atoms with Gasteiger partial charge < -0.3 is 0 Å². The first-order valence-corrected chi connectivity index (χ1v) is 4.01. The van der Waals surface area contributed by atoms with Gasteiger partial charge >= 0.3 is 0 Å². The van der Waals surface area contributed by atoms with E-state index in [-0.39, 0.29) is 0 Å². The van der Waals surface area contributed by atoms with Crippen molar-refractivity contribution in [2.75, 3.05) is 0 Å². The van der Waals surface area contributed by atoms with E-state index < -0.39 is 0 Å². The monoisotopic (exact) mass is 230 g/mol. The van der Waals surface area contributed by atoms with Crippen molar-refractivity contribution in [2.45, 2.75) is 6.92 Å². The molecule has 0 aliphatic carbocycles. The first kappa shape index (κ1) is 7.13. The number of rotatable bonds is 0. The number of hydrogen-bond acceptors (Lipinski definition) is 0. The van der Waals surface area contributed by atoms with Crippen molar-refractivity contribution in [3.63, 3.8) is 0 Å². The predicted octanol–water partition coefficient (Wildman–Crippen LogP) is 0.858. The van der Waals surface area contributed by atoms with Crippen molar-refractivity contribution < 1.29 is 0 Å². The van der Waals surface area contributed by atoms with Gasteiger partial charge in [0.1, 0.15) is 7.85 Å². The van der Waals surface area contributed by atoms with Crippen molar-refractivity contribution >= 4 is 35.9 Å². The van der Waals surface area contributed by atoms with Crippen molar-refractivity contribution in [1.82, 2.24) is 0 Å². The van der Waals surface area contributed by atoms with Crippen LogP contribution in [-0.2, 0) is 0 Å². The molecule has 1 rings (SSSR count). The maximum atomic E-state index is 2.35. The maximum absolute atomic E-state index is 2.35. The Morgan fingerprint density at radius 2 is 2.11 bits per heavy atom. The molecule has 0 heterocycles. The van der Waals surface area contributed by atoms with Gasteiger partial charge in [-0.2, -0.15) is 0 Å². The van der Waals surface area contributed by atoms with Crippen molar-refractivity contribution in [3.8, 4) is 0 Å². The van der Waals surface area contributed by atoms with E-state index >= 15 is 0 Å². The fourth-order valence-corrected chi connectivity index (χ4v) is 1.37. The van der Waals surface area contributed by atoms with Crippen LogP contribution in [0.15, 0.2) is 18.2 Å². The lowest BCUT2D eigenvalue weighted by molar-refractivity contribution is 1.44. The molecular weight excluding hydrogens is 222 g/mol. The Kier molecular flexibility index (Phi) is 2.16. The van der Waals surface area contributed by atoms with Crippen LogP contribution >= 0.6 is 22.6 Å². The summed E-state index contributed by atoms with van der Waals surface area (Å²) in [6.45, 7) is 2.13. The van der Waals surface area contributed by atoms with Crippen LogP contribution in [0.25, 0.3) is 0 Å². The lowest BCUT2D eigenvalue weighted by Crippen LogP contribution is -2.01. The molecule has 0 aliphatic heterocycles. The largest absolute Gasteiger partial charge is 0.139 e. The molecule has 9 heavy (non-hydrogen) atoms. The van der Waals surface area contributed by atoms with Crippen LogP contribution in [0.5, 0.6) is 0 Å². The zero-order chi connectivity index (χ0) is 6.85. The summed E-state index contributed by atoms with van der Waals surface area (Å²) in [5.41, 5.74) is 2.70. The predicted molar refractivity (Wildman–Crippen MR) is 52.1 cm³/mol. The van der Waals surface area contributed by atoms with Crippen LogP contribution in [0.3, 0.4) is 0 Å². The van der Waals surface area contributed by atoms with Crippen molar-refractivity contribution in [3.05, 3.63) is 27.3 Å². The minimum atomic E-state index is 1.34. The Morgan fingerprint density at radius 3 is 2.56 bits per heavy atom. The molecule has 0 unspecified atom stereocenters. The fraction of sp³-hybridized carbons (Fsp3) is 0.143. The van der Waals surface area contributed by atoms with E-state index in [4.69, 9.17) is 0 Å². The van der Waals surface area contributed by atoms with E-state index in [1.165, 1.54) is 14.6 Å². The van der Waals surface area contributed by atoms with Gasteiger partial charge in [-0.1, -0.05) is 23.7 Å². The Morgan fingerprint density at radius 1 is 1.44 bits per heavy atom. The van der Waals surface area contributed by atoms with Crippen LogP contribution in [0.4, 0.5) is 0 Å². The van der Waals surface area contributed by atoms with Gasteiger partial charge in [0.15, 0.2) is 0 Å². The molecule has 0 fully saturated rings. The van der Waals surface area contributed by atoms with Crippen LogP contribution < -0.4 is 5.46 Å². The third kappa shape index (κ3) is 1.71. The normalized spacial score (nSPS) is 9.56. The summed E-state index contributed by atoms with van der Waals surface area (Å²) in [5, 5.41) is 0. The summed E-state index contributed by atoms with van der Waals surface area (Å²) in [5.74, 6) is 0. The molecule has 1 aromatic rings. The lowest BCUT2D eigenvalue weighted by Gasteiger charge is -1.96. The average molecular weight is 230 g/mol. The molecule has 0 bridgehead atoms. The summed E-state index contributed by atoms with van der Waals surface area (Å²) >= 11 is 2.35. The van der Waals surface area contributed by atoms with Gasteiger partial charge in [0.2, 0.25) is 0 Å². The second-order valence-electron chi connectivity index (χ2n) is 2.25. The highest BCUT2D eigenvalue weighted by Gasteiger charge is 1.90. The maximum Gasteiger partial charge on any atom is 0.139 e. The Labute approximate surface area is 70.2 Å².